The Morgan fingerprint density at radius 1 is 1.82 bits per heavy atom. The van der Waals surface area contributed by atoms with Gasteiger partial charge in [-0.1, -0.05) is 0 Å². The molecule has 0 aliphatic carbocycles. The fourth-order valence-electron chi connectivity index (χ4n) is 1.32. The topological polar surface area (TPSA) is 58.6 Å². The van der Waals surface area contributed by atoms with Crippen molar-refractivity contribution in [1.82, 2.24) is 5.32 Å². The molecule has 1 rings (SSSR count). The monoisotopic (exact) mass is 159 g/mol. The van der Waals surface area contributed by atoms with Crippen LogP contribution in [0.3, 0.4) is 0 Å². The van der Waals surface area contributed by atoms with E-state index < -0.39 is 11.5 Å². The van der Waals surface area contributed by atoms with Crippen LogP contribution in [-0.2, 0) is 9.53 Å². The predicted molar refractivity (Wildman–Crippen MR) is 39.5 cm³/mol. The van der Waals surface area contributed by atoms with Crippen molar-refractivity contribution in [2.75, 3.05) is 13.7 Å². The van der Waals surface area contributed by atoms with Crippen molar-refractivity contribution in [3.05, 3.63) is 0 Å². The lowest BCUT2D eigenvalue weighted by Crippen LogP contribution is -2.51. The molecule has 0 radical (unpaired) electrons. The summed E-state index contributed by atoms with van der Waals surface area (Å²) in [6, 6.07) is 0. The van der Waals surface area contributed by atoms with Gasteiger partial charge in [-0.15, -0.1) is 0 Å². The van der Waals surface area contributed by atoms with Crippen LogP contribution in [0.1, 0.15) is 13.3 Å². The van der Waals surface area contributed by atoms with Gasteiger partial charge in [-0.05, 0) is 14.0 Å². The van der Waals surface area contributed by atoms with E-state index >= 15 is 0 Å². The first kappa shape index (κ1) is 8.49. The summed E-state index contributed by atoms with van der Waals surface area (Å²) in [5.41, 5.74) is -0.848. The van der Waals surface area contributed by atoms with E-state index in [4.69, 9.17) is 9.84 Å². The normalized spacial score (nSPS) is 37.5. The smallest absolute Gasteiger partial charge is 0.326 e. The predicted octanol–water partition coefficient (Wildman–Crippen LogP) is -0.162. The third-order valence-electron chi connectivity index (χ3n) is 2.14. The Bertz CT molecular complexity index is 171. The number of hydrogen-bond acceptors (Lipinski definition) is 3. The molecule has 1 aliphatic heterocycles. The molecule has 4 nitrogen and oxygen atoms in total. The molecule has 2 unspecified atom stereocenters. The second-order valence-electron chi connectivity index (χ2n) is 2.96. The molecule has 0 bridgehead atoms. The van der Waals surface area contributed by atoms with Crippen molar-refractivity contribution < 1.29 is 14.6 Å². The summed E-state index contributed by atoms with van der Waals surface area (Å²) in [6.07, 6.45) is 0.581. The Kier molecular flexibility index (Phi) is 2.15. The highest BCUT2D eigenvalue weighted by molar-refractivity contribution is 5.79. The van der Waals surface area contributed by atoms with Gasteiger partial charge in [-0.3, -0.25) is 4.79 Å². The molecular formula is C7H13NO3. The lowest BCUT2D eigenvalue weighted by atomic mass is 9.97. The molecule has 64 valence electrons. The Hall–Kier alpha value is -0.610. The minimum Gasteiger partial charge on any atom is -0.480 e. The molecule has 4 heteroatoms. The Labute approximate surface area is 65.5 Å². The molecule has 2 N–H and O–H groups in total. The molecule has 0 saturated carbocycles. The van der Waals surface area contributed by atoms with E-state index in [1.807, 2.05) is 6.92 Å². The lowest BCUT2D eigenvalue weighted by molar-refractivity contribution is -0.144. The molecule has 11 heavy (non-hydrogen) atoms. The third-order valence-corrected chi connectivity index (χ3v) is 2.14. The summed E-state index contributed by atoms with van der Waals surface area (Å²) in [6.45, 7) is 2.14. The summed E-state index contributed by atoms with van der Waals surface area (Å²) in [5.74, 6) is -0.829. The molecule has 1 fully saturated rings. The van der Waals surface area contributed by atoms with E-state index in [1.165, 1.54) is 0 Å². The van der Waals surface area contributed by atoms with Crippen LogP contribution in [0.2, 0.25) is 0 Å². The quantitative estimate of drug-likeness (QED) is 0.587. The van der Waals surface area contributed by atoms with Gasteiger partial charge < -0.3 is 15.2 Å². The molecule has 2 atom stereocenters. The zero-order valence-corrected chi connectivity index (χ0v) is 6.76. The van der Waals surface area contributed by atoms with Gasteiger partial charge in [0.2, 0.25) is 0 Å². The number of nitrogens with one attached hydrogen (secondary N) is 1. The van der Waals surface area contributed by atoms with Crippen LogP contribution in [0.4, 0.5) is 0 Å². The van der Waals surface area contributed by atoms with Crippen molar-refractivity contribution in [2.24, 2.45) is 0 Å². The number of aliphatic carboxylic acids is 1. The van der Waals surface area contributed by atoms with Crippen LogP contribution in [0, 0.1) is 0 Å². The molecule has 1 aliphatic rings. The van der Waals surface area contributed by atoms with Crippen molar-refractivity contribution in [3.8, 4) is 0 Å². The number of ether oxygens (including phenoxy) is 1. The fraction of sp³-hybridized carbons (Fsp3) is 0.857. The van der Waals surface area contributed by atoms with Crippen LogP contribution < -0.4 is 5.32 Å². The number of carboxylic acid groups (broad SMARTS) is 1. The maximum atomic E-state index is 10.8. The van der Waals surface area contributed by atoms with Crippen LogP contribution in [0.25, 0.3) is 0 Å². The minimum atomic E-state index is -0.848. The second kappa shape index (κ2) is 2.79. The van der Waals surface area contributed by atoms with Gasteiger partial charge in [0, 0.05) is 6.42 Å². The van der Waals surface area contributed by atoms with Gasteiger partial charge in [-0.2, -0.15) is 0 Å². The molecule has 1 heterocycles. The Morgan fingerprint density at radius 2 is 2.45 bits per heavy atom. The average molecular weight is 159 g/mol. The first-order chi connectivity index (χ1) is 5.10. The van der Waals surface area contributed by atoms with Gasteiger partial charge in [-0.25, -0.2) is 0 Å². The third kappa shape index (κ3) is 1.36. The molecule has 1 saturated heterocycles. The number of carboxylic acids is 1. The standard InChI is InChI=1S/C7H13NO3/c1-5-3-7(8-2,4-11-5)6(9)10/h5,8H,3-4H2,1-2H3,(H,9,10). The molecule has 0 aromatic heterocycles. The van der Waals surface area contributed by atoms with Gasteiger partial charge in [0.25, 0.3) is 0 Å². The highest BCUT2D eigenvalue weighted by atomic mass is 16.5. The number of hydrogen-bond donors (Lipinski definition) is 2. The molecule has 0 spiro atoms. The van der Waals surface area contributed by atoms with Crippen LogP contribution >= 0.6 is 0 Å². The van der Waals surface area contributed by atoms with Crippen molar-refractivity contribution in [2.45, 2.75) is 25.0 Å². The highest BCUT2D eigenvalue weighted by Gasteiger charge is 2.43. The number of carbonyl (C=O) groups is 1. The first-order valence-electron chi connectivity index (χ1n) is 3.64. The molecular weight excluding hydrogens is 146 g/mol. The van der Waals surface area contributed by atoms with Crippen LogP contribution in [0.15, 0.2) is 0 Å². The van der Waals surface area contributed by atoms with E-state index in [1.54, 1.807) is 7.05 Å². The summed E-state index contributed by atoms with van der Waals surface area (Å²) in [5, 5.41) is 11.6. The minimum absolute atomic E-state index is 0.0403. The van der Waals surface area contributed by atoms with Gasteiger partial charge >= 0.3 is 5.97 Å². The van der Waals surface area contributed by atoms with E-state index in [0.717, 1.165) is 0 Å². The van der Waals surface area contributed by atoms with Crippen molar-refractivity contribution >= 4 is 5.97 Å². The molecule has 0 amide bonds. The van der Waals surface area contributed by atoms with Gasteiger partial charge in [0.15, 0.2) is 0 Å². The Morgan fingerprint density at radius 3 is 2.64 bits per heavy atom. The van der Waals surface area contributed by atoms with Crippen molar-refractivity contribution in [1.29, 1.82) is 0 Å². The summed E-state index contributed by atoms with van der Waals surface area (Å²) in [4.78, 5) is 10.8. The summed E-state index contributed by atoms with van der Waals surface area (Å²) in [7, 11) is 1.65. The fourth-order valence-corrected chi connectivity index (χ4v) is 1.32. The zero-order chi connectivity index (χ0) is 8.48. The highest BCUT2D eigenvalue weighted by Crippen LogP contribution is 2.23. The van der Waals surface area contributed by atoms with Crippen molar-refractivity contribution in [3.63, 3.8) is 0 Å². The maximum Gasteiger partial charge on any atom is 0.326 e. The summed E-state index contributed by atoms with van der Waals surface area (Å²) < 4.78 is 5.18. The number of likely N-dealkylation sites (N-methyl/N-ethyl adjacent to an activating group) is 1. The SMILES string of the molecule is CNC1(C(=O)O)COC(C)C1. The zero-order valence-electron chi connectivity index (χ0n) is 6.76. The lowest BCUT2D eigenvalue weighted by Gasteiger charge is -2.20. The van der Waals surface area contributed by atoms with E-state index in [9.17, 15) is 4.79 Å². The first-order valence-corrected chi connectivity index (χ1v) is 3.64. The summed E-state index contributed by atoms with van der Waals surface area (Å²) >= 11 is 0. The van der Waals surface area contributed by atoms with E-state index in [2.05, 4.69) is 5.32 Å². The Balaban J connectivity index is 2.70. The molecule has 0 aromatic carbocycles. The number of rotatable bonds is 2. The molecule has 0 aromatic rings. The van der Waals surface area contributed by atoms with Crippen LogP contribution in [-0.4, -0.2) is 36.4 Å². The van der Waals surface area contributed by atoms with E-state index in [-0.39, 0.29) is 12.7 Å². The van der Waals surface area contributed by atoms with Gasteiger partial charge in [0.05, 0.1) is 12.7 Å². The second-order valence-corrected chi connectivity index (χ2v) is 2.96. The van der Waals surface area contributed by atoms with Gasteiger partial charge in [0.1, 0.15) is 5.54 Å². The van der Waals surface area contributed by atoms with Crippen LogP contribution in [0.5, 0.6) is 0 Å². The maximum absolute atomic E-state index is 10.8. The largest absolute Gasteiger partial charge is 0.480 e. The van der Waals surface area contributed by atoms with E-state index in [0.29, 0.717) is 6.42 Å². The average Bonchev–Trinajstić information content (AvgIpc) is 2.33.